The van der Waals surface area contributed by atoms with Crippen molar-refractivity contribution in [3.8, 4) is 5.75 Å². The zero-order valence-electron chi connectivity index (χ0n) is 16.7. The van der Waals surface area contributed by atoms with Gasteiger partial charge in [-0.05, 0) is 52.7 Å². The van der Waals surface area contributed by atoms with Gasteiger partial charge in [0.15, 0.2) is 0 Å². The van der Waals surface area contributed by atoms with E-state index in [-0.39, 0.29) is 12.2 Å². The molecule has 2 aromatic carbocycles. The Kier molecular flexibility index (Phi) is 6.13. The predicted molar refractivity (Wildman–Crippen MR) is 120 cm³/mol. The normalized spacial score (nSPS) is 10.8. The molecule has 0 saturated carbocycles. The van der Waals surface area contributed by atoms with Gasteiger partial charge in [-0.15, -0.1) is 0 Å². The molecule has 0 saturated heterocycles. The van der Waals surface area contributed by atoms with Gasteiger partial charge in [0.2, 0.25) is 0 Å². The van der Waals surface area contributed by atoms with Gasteiger partial charge in [0.25, 0.3) is 5.56 Å². The predicted octanol–water partition coefficient (Wildman–Crippen LogP) is 4.70. The van der Waals surface area contributed by atoms with E-state index in [1.54, 1.807) is 42.6 Å². The summed E-state index contributed by atoms with van der Waals surface area (Å²) in [5.41, 5.74) is 3.06. The lowest BCUT2D eigenvalue weighted by molar-refractivity contribution is 0.0462. The molecule has 156 valence electrons. The Morgan fingerprint density at radius 2 is 1.87 bits per heavy atom. The average molecular weight is 479 g/mol. The van der Waals surface area contributed by atoms with Crippen molar-refractivity contribution in [3.05, 3.63) is 110 Å². The van der Waals surface area contributed by atoms with Crippen LogP contribution in [0.4, 0.5) is 0 Å². The van der Waals surface area contributed by atoms with E-state index in [0.717, 1.165) is 15.6 Å². The van der Waals surface area contributed by atoms with Crippen LogP contribution in [-0.4, -0.2) is 15.4 Å². The van der Waals surface area contributed by atoms with E-state index in [1.807, 2.05) is 31.2 Å². The largest absolute Gasteiger partial charge is 0.488 e. The number of hydrogen-bond donors (Lipinski definition) is 0. The van der Waals surface area contributed by atoms with Crippen LogP contribution in [0.25, 0.3) is 5.65 Å². The third-order valence-electron chi connectivity index (χ3n) is 4.61. The molecular formula is C24H19BrN2O4. The first-order valence-electron chi connectivity index (χ1n) is 9.62. The molecule has 6 nitrogen and oxygen atoms in total. The van der Waals surface area contributed by atoms with Crippen LogP contribution < -0.4 is 10.3 Å². The van der Waals surface area contributed by atoms with Gasteiger partial charge in [-0.25, -0.2) is 9.78 Å². The third kappa shape index (κ3) is 5.00. The fourth-order valence-corrected chi connectivity index (χ4v) is 3.48. The van der Waals surface area contributed by atoms with Crippen molar-refractivity contribution in [3.63, 3.8) is 0 Å². The van der Waals surface area contributed by atoms with Crippen LogP contribution in [0.3, 0.4) is 0 Å². The number of benzene rings is 2. The van der Waals surface area contributed by atoms with Crippen LogP contribution >= 0.6 is 15.9 Å². The molecule has 2 aromatic heterocycles. The van der Waals surface area contributed by atoms with E-state index < -0.39 is 5.97 Å². The van der Waals surface area contributed by atoms with Gasteiger partial charge in [-0.2, -0.15) is 0 Å². The summed E-state index contributed by atoms with van der Waals surface area (Å²) in [6.45, 7) is 2.23. The van der Waals surface area contributed by atoms with E-state index in [0.29, 0.717) is 29.3 Å². The molecule has 0 aliphatic carbocycles. The Labute approximate surface area is 187 Å². The molecule has 4 aromatic rings. The Hall–Kier alpha value is -3.45. The third-order valence-corrected chi connectivity index (χ3v) is 5.08. The van der Waals surface area contributed by atoms with Crippen molar-refractivity contribution in [2.75, 3.05) is 0 Å². The average Bonchev–Trinajstić information content (AvgIpc) is 2.77. The number of rotatable bonds is 6. The Morgan fingerprint density at radius 3 is 2.71 bits per heavy atom. The molecular weight excluding hydrogens is 460 g/mol. The lowest BCUT2D eigenvalue weighted by Gasteiger charge is -2.12. The number of hydrogen-bond acceptors (Lipinski definition) is 5. The molecule has 4 rings (SSSR count). The molecule has 0 fully saturated rings. The van der Waals surface area contributed by atoms with Crippen LogP contribution in [0, 0.1) is 6.92 Å². The van der Waals surface area contributed by atoms with Crippen LogP contribution in [0.2, 0.25) is 0 Å². The van der Waals surface area contributed by atoms with Gasteiger partial charge in [-0.1, -0.05) is 42.0 Å². The number of para-hydroxylation sites is 1. The summed E-state index contributed by atoms with van der Waals surface area (Å²) < 4.78 is 13.5. The van der Waals surface area contributed by atoms with Crippen molar-refractivity contribution < 1.29 is 14.3 Å². The maximum atomic E-state index is 12.7. The number of ether oxygens (including phenoxy) is 2. The van der Waals surface area contributed by atoms with E-state index >= 15 is 0 Å². The summed E-state index contributed by atoms with van der Waals surface area (Å²) in [4.78, 5) is 29.4. The van der Waals surface area contributed by atoms with Crippen LogP contribution in [0.5, 0.6) is 5.75 Å². The SMILES string of the molecule is Cc1cccc(COc2ccccc2C(=O)OCc2cc(=O)n3cc(Br)ccc3n2)c1. The topological polar surface area (TPSA) is 69.9 Å². The molecule has 0 N–H and O–H groups in total. The summed E-state index contributed by atoms with van der Waals surface area (Å²) in [6.07, 6.45) is 1.64. The Morgan fingerprint density at radius 1 is 1.03 bits per heavy atom. The van der Waals surface area contributed by atoms with Crippen molar-refractivity contribution in [1.29, 1.82) is 0 Å². The molecule has 0 radical (unpaired) electrons. The summed E-state index contributed by atoms with van der Waals surface area (Å²) >= 11 is 3.33. The van der Waals surface area contributed by atoms with Gasteiger partial charge in [-0.3, -0.25) is 9.20 Å². The minimum absolute atomic E-state index is 0.118. The molecule has 0 amide bonds. The van der Waals surface area contributed by atoms with Crippen LogP contribution in [-0.2, 0) is 18.0 Å². The standard InChI is InChI=1S/C24H19BrN2O4/c1-16-5-4-6-17(11-16)14-30-21-8-3-2-7-20(21)24(29)31-15-19-12-23(28)27-13-18(25)9-10-22(27)26-19/h2-13H,14-15H2,1H3. The van der Waals surface area contributed by atoms with Crippen molar-refractivity contribution in [2.45, 2.75) is 20.1 Å². The number of carbonyl (C=O) groups excluding carboxylic acids is 1. The summed E-state index contributed by atoms with van der Waals surface area (Å²) in [7, 11) is 0. The molecule has 2 heterocycles. The lowest BCUT2D eigenvalue weighted by atomic mass is 10.1. The second-order valence-corrected chi connectivity index (χ2v) is 7.93. The fraction of sp³-hybridized carbons (Fsp3) is 0.125. The molecule has 0 aliphatic heterocycles. The molecule has 0 unspecified atom stereocenters. The first kappa shape index (κ1) is 20.8. The number of pyridine rings is 1. The molecule has 0 bridgehead atoms. The quantitative estimate of drug-likeness (QED) is 0.375. The van der Waals surface area contributed by atoms with Gasteiger partial charge < -0.3 is 9.47 Å². The summed E-state index contributed by atoms with van der Waals surface area (Å²) in [5, 5.41) is 0. The monoisotopic (exact) mass is 478 g/mol. The highest BCUT2D eigenvalue weighted by Crippen LogP contribution is 2.21. The van der Waals surface area contributed by atoms with E-state index in [2.05, 4.69) is 20.9 Å². The second kappa shape index (κ2) is 9.14. The number of fused-ring (bicyclic) bond motifs is 1. The number of nitrogens with zero attached hydrogens (tertiary/aromatic N) is 2. The van der Waals surface area contributed by atoms with E-state index in [9.17, 15) is 9.59 Å². The number of carbonyl (C=O) groups is 1. The second-order valence-electron chi connectivity index (χ2n) is 7.01. The van der Waals surface area contributed by atoms with Crippen LogP contribution in [0.15, 0.2) is 82.2 Å². The fourth-order valence-electron chi connectivity index (χ4n) is 3.14. The van der Waals surface area contributed by atoms with Crippen LogP contribution in [0.1, 0.15) is 27.2 Å². The lowest BCUT2D eigenvalue weighted by Crippen LogP contribution is -2.16. The Balaban J connectivity index is 1.47. The number of halogens is 1. The first-order valence-corrected chi connectivity index (χ1v) is 10.4. The summed E-state index contributed by atoms with van der Waals surface area (Å²) in [5.74, 6) is -0.108. The number of aryl methyl sites for hydroxylation is 1. The molecule has 0 aliphatic rings. The zero-order valence-corrected chi connectivity index (χ0v) is 18.3. The molecule has 7 heteroatoms. The number of esters is 1. The van der Waals surface area contributed by atoms with Crippen molar-refractivity contribution in [1.82, 2.24) is 9.38 Å². The van der Waals surface area contributed by atoms with Gasteiger partial charge in [0.05, 0.1) is 5.69 Å². The summed E-state index contributed by atoms with van der Waals surface area (Å²) in [6, 6.07) is 19.8. The molecule has 0 spiro atoms. The van der Waals surface area contributed by atoms with E-state index in [1.165, 1.54) is 10.5 Å². The highest BCUT2D eigenvalue weighted by atomic mass is 79.9. The minimum atomic E-state index is -0.544. The molecule has 0 atom stereocenters. The van der Waals surface area contributed by atoms with Crippen molar-refractivity contribution in [2.24, 2.45) is 0 Å². The minimum Gasteiger partial charge on any atom is -0.488 e. The smallest absolute Gasteiger partial charge is 0.342 e. The maximum Gasteiger partial charge on any atom is 0.342 e. The van der Waals surface area contributed by atoms with Gasteiger partial charge >= 0.3 is 5.97 Å². The molecule has 31 heavy (non-hydrogen) atoms. The Bertz CT molecular complexity index is 1320. The van der Waals surface area contributed by atoms with Gasteiger partial charge in [0.1, 0.15) is 30.2 Å². The van der Waals surface area contributed by atoms with Gasteiger partial charge in [0, 0.05) is 16.7 Å². The van der Waals surface area contributed by atoms with E-state index in [4.69, 9.17) is 9.47 Å². The highest BCUT2D eigenvalue weighted by Gasteiger charge is 2.15. The zero-order chi connectivity index (χ0) is 21.8. The maximum absolute atomic E-state index is 12.7. The van der Waals surface area contributed by atoms with Crippen molar-refractivity contribution >= 4 is 27.5 Å². The first-order chi connectivity index (χ1) is 15.0. The highest BCUT2D eigenvalue weighted by molar-refractivity contribution is 9.10. The number of aromatic nitrogens is 2.